The third-order valence-electron chi connectivity index (χ3n) is 1.08. The van der Waals surface area contributed by atoms with Crippen LogP contribution < -0.4 is 0 Å². The fourth-order valence-corrected chi connectivity index (χ4v) is 3.77. The van der Waals surface area contributed by atoms with Crippen LogP contribution in [0.1, 0.15) is 6.42 Å². The second-order valence-corrected chi connectivity index (χ2v) is 5.69. The van der Waals surface area contributed by atoms with E-state index in [1.807, 2.05) is 0 Å². The summed E-state index contributed by atoms with van der Waals surface area (Å²) in [5.74, 6) is -1.00. The first-order valence-electron chi connectivity index (χ1n) is 3.25. The van der Waals surface area contributed by atoms with E-state index < -0.39 is 21.1 Å². The van der Waals surface area contributed by atoms with Crippen LogP contribution in [0.25, 0.3) is 0 Å². The first-order chi connectivity index (χ1) is 6.37. The Labute approximate surface area is 88.7 Å². The molecule has 0 fully saturated rings. The summed E-state index contributed by atoms with van der Waals surface area (Å²) in [7, 11) is -4.48. The smallest absolute Gasteiger partial charge is 0.399 e. The first-order valence-corrected chi connectivity index (χ1v) is 6.44. The molecule has 9 heteroatoms. The van der Waals surface area contributed by atoms with Crippen molar-refractivity contribution in [1.29, 1.82) is 0 Å². The number of hydrogen-bond acceptors (Lipinski definition) is 6. The molecule has 14 heavy (non-hydrogen) atoms. The Morgan fingerprint density at radius 2 is 2.29 bits per heavy atom. The van der Waals surface area contributed by atoms with Gasteiger partial charge in [-0.3, -0.25) is 9.35 Å². The lowest BCUT2D eigenvalue weighted by Crippen LogP contribution is -2.09. The van der Waals surface area contributed by atoms with Crippen LogP contribution in [0.2, 0.25) is 0 Å². The van der Waals surface area contributed by atoms with Crippen LogP contribution in [0.15, 0.2) is 10.3 Å². The van der Waals surface area contributed by atoms with Gasteiger partial charge >= 0.3 is 16.4 Å². The van der Waals surface area contributed by atoms with E-state index in [2.05, 4.69) is 4.18 Å². The van der Waals surface area contributed by atoms with Gasteiger partial charge in [0.1, 0.15) is 0 Å². The van der Waals surface area contributed by atoms with Gasteiger partial charge < -0.3 is 5.11 Å². The van der Waals surface area contributed by atoms with Crippen molar-refractivity contribution in [3.63, 3.8) is 0 Å². The van der Waals surface area contributed by atoms with Crippen molar-refractivity contribution in [3.05, 3.63) is 10.3 Å². The standard InChI is InChI=1S/C5H6O6S3/c6-4(7)1-3-2-12-5(13-3)11-14(8,9)10/h2,5H,1H2,(H,6,7)(H,8,9,10). The number of thioether (sulfide) groups is 2. The molecule has 1 rings (SSSR count). The van der Waals surface area contributed by atoms with Crippen molar-refractivity contribution < 1.29 is 27.1 Å². The molecule has 0 bridgehead atoms. The molecule has 1 heterocycles. The lowest BCUT2D eigenvalue weighted by molar-refractivity contribution is -0.136. The molecule has 1 unspecified atom stereocenters. The van der Waals surface area contributed by atoms with Crippen molar-refractivity contribution >= 4 is 39.9 Å². The summed E-state index contributed by atoms with van der Waals surface area (Å²) in [6.07, 6.45) is -0.178. The minimum Gasteiger partial charge on any atom is -0.481 e. The van der Waals surface area contributed by atoms with Crippen molar-refractivity contribution in [2.45, 2.75) is 11.2 Å². The van der Waals surface area contributed by atoms with Crippen LogP contribution in [-0.4, -0.2) is 28.8 Å². The average Bonchev–Trinajstić information content (AvgIpc) is 2.30. The molecule has 0 amide bonds. The Hall–Kier alpha value is -0.220. The van der Waals surface area contributed by atoms with E-state index in [4.69, 9.17) is 9.66 Å². The molecule has 2 N–H and O–H groups in total. The molecule has 0 spiro atoms. The van der Waals surface area contributed by atoms with Crippen molar-refractivity contribution in [2.24, 2.45) is 0 Å². The minimum atomic E-state index is -4.48. The molecule has 0 aromatic rings. The fraction of sp³-hybridized carbons (Fsp3) is 0.400. The quantitative estimate of drug-likeness (QED) is 0.717. The Kier molecular flexibility index (Phi) is 3.84. The van der Waals surface area contributed by atoms with Crippen LogP contribution in [0.3, 0.4) is 0 Å². The fourth-order valence-electron chi connectivity index (χ4n) is 0.685. The number of carboxylic acids is 1. The Bertz CT molecular complexity index is 358. The van der Waals surface area contributed by atoms with Gasteiger partial charge in [-0.05, 0) is 5.41 Å². The molecule has 1 aliphatic heterocycles. The second kappa shape index (κ2) is 4.53. The predicted molar refractivity (Wildman–Crippen MR) is 51.9 cm³/mol. The molecule has 1 atom stereocenters. The highest BCUT2D eigenvalue weighted by Gasteiger charge is 2.25. The lowest BCUT2D eigenvalue weighted by atomic mass is 10.4. The average molecular weight is 258 g/mol. The van der Waals surface area contributed by atoms with E-state index in [1.54, 1.807) is 0 Å². The lowest BCUT2D eigenvalue weighted by Gasteiger charge is -2.05. The summed E-state index contributed by atoms with van der Waals surface area (Å²) >= 11 is 1.94. The monoisotopic (exact) mass is 258 g/mol. The predicted octanol–water partition coefficient (Wildman–Crippen LogP) is 0.886. The molecule has 0 radical (unpaired) electrons. The topological polar surface area (TPSA) is 101 Å². The van der Waals surface area contributed by atoms with Crippen LogP contribution in [0.5, 0.6) is 0 Å². The van der Waals surface area contributed by atoms with Crippen molar-refractivity contribution in [1.82, 2.24) is 0 Å². The zero-order valence-electron chi connectivity index (χ0n) is 6.61. The number of rotatable bonds is 4. The zero-order valence-corrected chi connectivity index (χ0v) is 9.06. The summed E-state index contributed by atoms with van der Waals surface area (Å²) in [6.45, 7) is 0. The van der Waals surface area contributed by atoms with E-state index >= 15 is 0 Å². The van der Waals surface area contributed by atoms with Crippen molar-refractivity contribution in [3.8, 4) is 0 Å². The normalized spacial score (nSPS) is 22.1. The number of carbonyl (C=O) groups is 1. The summed E-state index contributed by atoms with van der Waals surface area (Å²) in [5.41, 5.74) is 0. The molecule has 0 aromatic heterocycles. The van der Waals surface area contributed by atoms with E-state index in [-0.39, 0.29) is 6.42 Å². The third-order valence-corrected chi connectivity index (χ3v) is 4.13. The third kappa shape index (κ3) is 4.33. The minimum absolute atomic E-state index is 0.178. The molecule has 6 nitrogen and oxygen atoms in total. The summed E-state index contributed by atoms with van der Waals surface area (Å²) in [5, 5.41) is 9.92. The van der Waals surface area contributed by atoms with Crippen LogP contribution >= 0.6 is 23.5 Å². The van der Waals surface area contributed by atoms with E-state index in [1.165, 1.54) is 5.41 Å². The summed E-state index contributed by atoms with van der Waals surface area (Å²) in [6, 6.07) is 0. The number of aliphatic carboxylic acids is 1. The van der Waals surface area contributed by atoms with Gasteiger partial charge in [0.25, 0.3) is 0 Å². The van der Waals surface area contributed by atoms with Crippen molar-refractivity contribution in [2.75, 3.05) is 0 Å². The van der Waals surface area contributed by atoms with Gasteiger partial charge in [-0.2, -0.15) is 8.42 Å². The van der Waals surface area contributed by atoms with Gasteiger partial charge in [-0.25, -0.2) is 4.18 Å². The highest BCUT2D eigenvalue weighted by atomic mass is 32.3. The molecule has 0 aromatic carbocycles. The van der Waals surface area contributed by atoms with Gasteiger partial charge in [0.05, 0.1) is 6.42 Å². The summed E-state index contributed by atoms with van der Waals surface area (Å²) < 4.78 is 32.3. The number of carboxylic acid groups (broad SMARTS) is 1. The maximum absolute atomic E-state index is 10.3. The highest BCUT2D eigenvalue weighted by molar-refractivity contribution is 8.23. The molecule has 1 aliphatic rings. The second-order valence-electron chi connectivity index (χ2n) is 2.22. The molecular formula is C5H6O6S3. The van der Waals surface area contributed by atoms with Gasteiger partial charge in [0.2, 0.25) is 0 Å². The van der Waals surface area contributed by atoms with Gasteiger partial charge in [-0.15, -0.1) is 0 Å². The van der Waals surface area contributed by atoms with Crippen LogP contribution in [-0.2, 0) is 19.4 Å². The van der Waals surface area contributed by atoms with Gasteiger partial charge in [0.15, 0.2) is 4.77 Å². The highest BCUT2D eigenvalue weighted by Crippen LogP contribution is 2.42. The van der Waals surface area contributed by atoms with Gasteiger partial charge in [-0.1, -0.05) is 23.5 Å². The van der Waals surface area contributed by atoms with E-state index in [0.717, 1.165) is 23.5 Å². The van der Waals surface area contributed by atoms with Crippen LogP contribution in [0.4, 0.5) is 0 Å². The van der Waals surface area contributed by atoms with E-state index in [9.17, 15) is 13.2 Å². The molecule has 0 saturated heterocycles. The Balaban J connectivity index is 2.43. The Morgan fingerprint density at radius 3 is 2.79 bits per heavy atom. The zero-order chi connectivity index (χ0) is 10.8. The Morgan fingerprint density at radius 1 is 1.64 bits per heavy atom. The summed E-state index contributed by atoms with van der Waals surface area (Å²) in [4.78, 5) is 10.8. The van der Waals surface area contributed by atoms with Crippen LogP contribution in [0, 0.1) is 0 Å². The number of hydrogen-bond donors (Lipinski definition) is 2. The maximum Gasteiger partial charge on any atom is 0.399 e. The first kappa shape index (κ1) is 11.9. The van der Waals surface area contributed by atoms with Gasteiger partial charge in [0, 0.05) is 4.91 Å². The molecular weight excluding hydrogens is 252 g/mol. The molecule has 80 valence electrons. The molecule has 0 aliphatic carbocycles. The largest absolute Gasteiger partial charge is 0.481 e. The maximum atomic E-state index is 10.3. The molecule has 0 saturated carbocycles. The van der Waals surface area contributed by atoms with E-state index in [0.29, 0.717) is 4.91 Å². The SMILES string of the molecule is O=C(O)CC1=CSC(OS(=O)(=O)O)S1.